The summed E-state index contributed by atoms with van der Waals surface area (Å²) in [6.45, 7) is 3.79. The number of halogens is 5. The lowest BCUT2D eigenvalue weighted by atomic mass is 9.91. The minimum absolute atomic E-state index is 0.0766. The van der Waals surface area contributed by atoms with Crippen LogP contribution < -0.4 is 5.32 Å². The molecule has 26 heavy (non-hydrogen) atoms. The molecule has 146 valence electrons. The highest BCUT2D eigenvalue weighted by Gasteiger charge is 2.43. The molecule has 0 radical (unpaired) electrons. The van der Waals surface area contributed by atoms with Crippen LogP contribution in [0, 0.1) is 0 Å². The fourth-order valence-corrected chi connectivity index (χ4v) is 2.36. The van der Waals surface area contributed by atoms with Gasteiger partial charge in [0, 0.05) is 5.92 Å². The van der Waals surface area contributed by atoms with Crippen LogP contribution in [-0.4, -0.2) is 41.4 Å². The highest BCUT2D eigenvalue weighted by atomic mass is 35.5. The number of aliphatic hydroxyl groups is 1. The Bertz CT molecular complexity index is 674. The summed E-state index contributed by atoms with van der Waals surface area (Å²) in [4.78, 5) is 23.7. The van der Waals surface area contributed by atoms with Crippen LogP contribution in [-0.2, 0) is 14.3 Å². The van der Waals surface area contributed by atoms with E-state index in [-0.39, 0.29) is 15.6 Å². The Kier molecular flexibility index (Phi) is 7.33. The van der Waals surface area contributed by atoms with Gasteiger partial charge >= 0.3 is 18.1 Å². The van der Waals surface area contributed by atoms with E-state index in [0.717, 1.165) is 0 Å². The van der Waals surface area contributed by atoms with E-state index in [1.165, 1.54) is 39.0 Å². The van der Waals surface area contributed by atoms with Gasteiger partial charge in [0.05, 0.1) is 16.7 Å². The highest BCUT2D eigenvalue weighted by Crippen LogP contribution is 2.29. The molecule has 0 saturated carbocycles. The number of esters is 1. The summed E-state index contributed by atoms with van der Waals surface area (Å²) in [5.41, 5.74) is -0.809. The first-order valence-electron chi connectivity index (χ1n) is 7.42. The Hall–Kier alpha value is -1.51. The zero-order chi connectivity index (χ0) is 20.3. The molecule has 0 aliphatic rings. The van der Waals surface area contributed by atoms with Gasteiger partial charge in [-0.05, 0) is 38.5 Å². The molecule has 0 aromatic heterocycles. The Morgan fingerprint density at radius 2 is 1.77 bits per heavy atom. The molecule has 1 aromatic carbocycles. The second-order valence-electron chi connectivity index (χ2n) is 6.44. The van der Waals surface area contributed by atoms with Crippen molar-refractivity contribution in [1.82, 2.24) is 5.32 Å². The third-order valence-corrected chi connectivity index (χ3v) is 3.91. The molecule has 1 rings (SSSR count). The van der Waals surface area contributed by atoms with E-state index >= 15 is 0 Å². The van der Waals surface area contributed by atoms with Gasteiger partial charge in [-0.25, -0.2) is 4.79 Å². The third-order valence-electron chi connectivity index (χ3n) is 3.18. The van der Waals surface area contributed by atoms with Crippen LogP contribution in [0.2, 0.25) is 10.0 Å². The molecule has 1 amide bonds. The van der Waals surface area contributed by atoms with Crippen molar-refractivity contribution in [3.8, 4) is 0 Å². The molecule has 2 N–H and O–H groups in total. The van der Waals surface area contributed by atoms with Crippen molar-refractivity contribution in [2.24, 2.45) is 0 Å². The lowest BCUT2D eigenvalue weighted by Gasteiger charge is -2.29. The van der Waals surface area contributed by atoms with Crippen LogP contribution in [0.15, 0.2) is 18.2 Å². The lowest BCUT2D eigenvalue weighted by molar-refractivity contribution is -0.177. The second kappa shape index (κ2) is 8.45. The maximum Gasteiger partial charge on any atom is 0.471 e. The van der Waals surface area contributed by atoms with Crippen LogP contribution in [0.1, 0.15) is 32.3 Å². The Balaban J connectivity index is 3.28. The van der Waals surface area contributed by atoms with Gasteiger partial charge < -0.3 is 15.2 Å². The average molecular weight is 416 g/mol. The molecule has 0 aliphatic heterocycles. The molecule has 0 bridgehead atoms. The van der Waals surface area contributed by atoms with Crippen molar-refractivity contribution in [2.75, 3.05) is 6.61 Å². The average Bonchev–Trinajstić information content (AvgIpc) is 2.47. The second-order valence-corrected chi connectivity index (χ2v) is 7.26. The number of rotatable bonds is 5. The first kappa shape index (κ1) is 22.5. The summed E-state index contributed by atoms with van der Waals surface area (Å²) in [6.07, 6.45) is -5.21. The number of aliphatic hydroxyl groups excluding tert-OH is 1. The van der Waals surface area contributed by atoms with Crippen molar-refractivity contribution in [3.05, 3.63) is 33.8 Å². The zero-order valence-electron chi connectivity index (χ0n) is 14.2. The van der Waals surface area contributed by atoms with Gasteiger partial charge in [-0.1, -0.05) is 29.3 Å². The summed E-state index contributed by atoms with van der Waals surface area (Å²) in [5, 5.41) is 11.5. The third kappa shape index (κ3) is 6.34. The number of ether oxygens (including phenoxy) is 1. The van der Waals surface area contributed by atoms with E-state index in [1.54, 1.807) is 5.32 Å². The molecule has 0 aliphatic carbocycles. The fourth-order valence-electron chi connectivity index (χ4n) is 2.06. The molecule has 0 heterocycles. The molecule has 10 heteroatoms. The standard InChI is InChI=1S/C16H18Cl2F3NO4/c1-15(2,3)26-13(24)12(22-14(25)16(19,20)21)9(7-23)8-4-5-10(17)11(18)6-8/h4-6,9,12,23H,7H2,1-3H3,(H,22,25)/t9-,12+/m1/s1. The number of carbonyl (C=O) groups is 2. The predicted octanol–water partition coefficient (Wildman–Crippen LogP) is 3.46. The Morgan fingerprint density at radius 3 is 2.19 bits per heavy atom. The topological polar surface area (TPSA) is 75.6 Å². The molecule has 0 saturated heterocycles. The largest absolute Gasteiger partial charge is 0.471 e. The van der Waals surface area contributed by atoms with E-state index < -0.39 is 42.2 Å². The monoisotopic (exact) mass is 415 g/mol. The van der Waals surface area contributed by atoms with Gasteiger partial charge in [-0.15, -0.1) is 0 Å². The smallest absolute Gasteiger partial charge is 0.458 e. The van der Waals surface area contributed by atoms with Gasteiger partial charge in [0.15, 0.2) is 0 Å². The van der Waals surface area contributed by atoms with Crippen LogP contribution in [0.5, 0.6) is 0 Å². The van der Waals surface area contributed by atoms with Crippen LogP contribution >= 0.6 is 23.2 Å². The highest BCUT2D eigenvalue weighted by molar-refractivity contribution is 6.42. The van der Waals surface area contributed by atoms with Crippen LogP contribution in [0.4, 0.5) is 13.2 Å². The number of amides is 1. The number of nitrogens with one attached hydrogen (secondary N) is 1. The fraction of sp³-hybridized carbons (Fsp3) is 0.500. The van der Waals surface area contributed by atoms with Crippen LogP contribution in [0.3, 0.4) is 0 Å². The summed E-state index contributed by atoms with van der Waals surface area (Å²) >= 11 is 11.7. The van der Waals surface area contributed by atoms with Crippen molar-refractivity contribution >= 4 is 35.1 Å². The van der Waals surface area contributed by atoms with E-state index in [1.807, 2.05) is 0 Å². The molecule has 0 spiro atoms. The van der Waals surface area contributed by atoms with Gasteiger partial charge in [0.1, 0.15) is 11.6 Å². The van der Waals surface area contributed by atoms with E-state index in [0.29, 0.717) is 0 Å². The van der Waals surface area contributed by atoms with Gasteiger partial charge in [0.2, 0.25) is 0 Å². The minimum atomic E-state index is -5.21. The number of hydrogen-bond donors (Lipinski definition) is 2. The molecule has 5 nitrogen and oxygen atoms in total. The number of carbonyl (C=O) groups excluding carboxylic acids is 2. The first-order chi connectivity index (χ1) is 11.8. The Morgan fingerprint density at radius 1 is 1.19 bits per heavy atom. The minimum Gasteiger partial charge on any atom is -0.458 e. The Labute approximate surface area is 158 Å². The van der Waals surface area contributed by atoms with Crippen molar-refractivity contribution in [2.45, 2.75) is 44.5 Å². The van der Waals surface area contributed by atoms with E-state index in [2.05, 4.69) is 0 Å². The van der Waals surface area contributed by atoms with Gasteiger partial charge in [-0.2, -0.15) is 13.2 Å². The maximum atomic E-state index is 12.6. The number of alkyl halides is 3. The van der Waals surface area contributed by atoms with E-state index in [9.17, 15) is 27.9 Å². The molecule has 2 atom stereocenters. The van der Waals surface area contributed by atoms with Gasteiger partial charge in [-0.3, -0.25) is 4.79 Å². The first-order valence-corrected chi connectivity index (χ1v) is 8.18. The molecule has 0 fully saturated rings. The summed E-state index contributed by atoms with van der Waals surface area (Å²) in [5.74, 6) is -4.68. The quantitative estimate of drug-likeness (QED) is 0.722. The summed E-state index contributed by atoms with van der Waals surface area (Å²) < 4.78 is 43.0. The lowest BCUT2D eigenvalue weighted by Crippen LogP contribution is -2.52. The molecule has 1 aromatic rings. The normalized spacial score (nSPS) is 14.5. The molecular weight excluding hydrogens is 398 g/mol. The predicted molar refractivity (Wildman–Crippen MR) is 90.1 cm³/mol. The number of benzene rings is 1. The van der Waals surface area contributed by atoms with Crippen molar-refractivity contribution < 1.29 is 32.6 Å². The molecule has 0 unspecified atom stereocenters. The summed E-state index contributed by atoms with van der Waals surface area (Å²) in [7, 11) is 0. The summed E-state index contributed by atoms with van der Waals surface area (Å²) in [6, 6.07) is 2.25. The zero-order valence-corrected chi connectivity index (χ0v) is 15.7. The SMILES string of the molecule is CC(C)(C)OC(=O)[C@@H](NC(=O)C(F)(F)F)[C@H](CO)c1ccc(Cl)c(Cl)c1. The van der Waals surface area contributed by atoms with Crippen LogP contribution in [0.25, 0.3) is 0 Å². The van der Waals surface area contributed by atoms with E-state index in [4.69, 9.17) is 27.9 Å². The van der Waals surface area contributed by atoms with Crippen molar-refractivity contribution in [1.29, 1.82) is 0 Å². The van der Waals surface area contributed by atoms with Gasteiger partial charge in [0.25, 0.3) is 0 Å². The van der Waals surface area contributed by atoms with Crippen molar-refractivity contribution in [3.63, 3.8) is 0 Å². The maximum absolute atomic E-state index is 12.6. The molecular formula is C16H18Cl2F3NO4. The number of hydrogen-bond acceptors (Lipinski definition) is 4.